The summed E-state index contributed by atoms with van der Waals surface area (Å²) < 4.78 is 1.98. The summed E-state index contributed by atoms with van der Waals surface area (Å²) in [5, 5.41) is 8.23. The van der Waals surface area contributed by atoms with Gasteiger partial charge >= 0.3 is 0 Å². The van der Waals surface area contributed by atoms with Gasteiger partial charge in [-0.3, -0.25) is 4.68 Å². The first kappa shape index (κ1) is 12.6. The van der Waals surface area contributed by atoms with E-state index in [1.807, 2.05) is 11.7 Å². The molecule has 96 valence electrons. The first-order valence-electron chi connectivity index (χ1n) is 6.76. The van der Waals surface area contributed by atoms with Gasteiger partial charge in [0.2, 0.25) is 0 Å². The number of aryl methyl sites for hydroxylation is 2. The van der Waals surface area contributed by atoms with Crippen LogP contribution in [0, 0.1) is 19.8 Å². The van der Waals surface area contributed by atoms with Gasteiger partial charge in [0.15, 0.2) is 0 Å². The van der Waals surface area contributed by atoms with Gasteiger partial charge in [0.1, 0.15) is 0 Å². The number of hydrogen-bond donors (Lipinski definition) is 1. The van der Waals surface area contributed by atoms with Crippen LogP contribution < -0.4 is 5.32 Å². The van der Waals surface area contributed by atoms with E-state index in [2.05, 4.69) is 38.1 Å². The van der Waals surface area contributed by atoms with E-state index >= 15 is 0 Å². The fourth-order valence-electron chi connectivity index (χ4n) is 2.97. The van der Waals surface area contributed by atoms with Crippen LogP contribution in [0.5, 0.6) is 0 Å². The van der Waals surface area contributed by atoms with E-state index in [1.165, 1.54) is 30.5 Å². The maximum atomic E-state index is 4.49. The highest BCUT2D eigenvalue weighted by Crippen LogP contribution is 2.31. The Labute approximate surface area is 105 Å². The SMILES string of the molecule is Cc1nn(C)c(C)c1C(C)NC(C)C1CCC1. The van der Waals surface area contributed by atoms with Crippen LogP contribution in [0.15, 0.2) is 0 Å². The summed E-state index contributed by atoms with van der Waals surface area (Å²) in [5.41, 5.74) is 3.81. The fraction of sp³-hybridized carbons (Fsp3) is 0.786. The summed E-state index contributed by atoms with van der Waals surface area (Å²) in [4.78, 5) is 0. The molecule has 1 aromatic heterocycles. The second-order valence-corrected chi connectivity index (χ2v) is 5.58. The lowest BCUT2D eigenvalue weighted by atomic mass is 9.80. The third-order valence-electron chi connectivity index (χ3n) is 4.37. The predicted octanol–water partition coefficient (Wildman–Crippen LogP) is 2.88. The summed E-state index contributed by atoms with van der Waals surface area (Å²) in [6.45, 7) is 8.84. The van der Waals surface area contributed by atoms with Crippen molar-refractivity contribution in [1.82, 2.24) is 15.1 Å². The van der Waals surface area contributed by atoms with Gasteiger partial charge in [-0.2, -0.15) is 5.10 Å². The van der Waals surface area contributed by atoms with Crippen molar-refractivity contribution in [2.45, 2.75) is 59.0 Å². The summed E-state index contributed by atoms with van der Waals surface area (Å²) in [6.07, 6.45) is 4.20. The van der Waals surface area contributed by atoms with Crippen LogP contribution in [-0.2, 0) is 7.05 Å². The first-order chi connectivity index (χ1) is 8.00. The van der Waals surface area contributed by atoms with Gasteiger partial charge in [-0.15, -0.1) is 0 Å². The minimum atomic E-state index is 0.402. The van der Waals surface area contributed by atoms with Gasteiger partial charge in [0, 0.05) is 30.4 Å². The van der Waals surface area contributed by atoms with Crippen molar-refractivity contribution in [3.63, 3.8) is 0 Å². The number of nitrogens with one attached hydrogen (secondary N) is 1. The Balaban J connectivity index is 2.05. The lowest BCUT2D eigenvalue weighted by Crippen LogP contribution is -2.38. The Morgan fingerprint density at radius 3 is 2.35 bits per heavy atom. The van der Waals surface area contributed by atoms with Crippen LogP contribution in [0.3, 0.4) is 0 Å². The topological polar surface area (TPSA) is 29.9 Å². The van der Waals surface area contributed by atoms with Crippen molar-refractivity contribution in [2.24, 2.45) is 13.0 Å². The molecule has 0 bridgehead atoms. The summed E-state index contributed by atoms with van der Waals surface area (Å²) in [5.74, 6) is 0.884. The molecule has 0 spiro atoms. The van der Waals surface area contributed by atoms with E-state index < -0.39 is 0 Å². The number of rotatable bonds is 4. The van der Waals surface area contributed by atoms with Gasteiger partial charge in [-0.25, -0.2) is 0 Å². The molecule has 1 heterocycles. The molecule has 3 nitrogen and oxygen atoms in total. The third-order valence-corrected chi connectivity index (χ3v) is 4.37. The number of hydrogen-bond acceptors (Lipinski definition) is 2. The maximum Gasteiger partial charge on any atom is 0.0644 e. The molecular weight excluding hydrogens is 210 g/mol. The van der Waals surface area contributed by atoms with Crippen molar-refractivity contribution in [2.75, 3.05) is 0 Å². The maximum absolute atomic E-state index is 4.49. The molecule has 2 rings (SSSR count). The Morgan fingerprint density at radius 2 is 1.94 bits per heavy atom. The molecule has 1 N–H and O–H groups in total. The van der Waals surface area contributed by atoms with Crippen molar-refractivity contribution in [3.05, 3.63) is 17.0 Å². The van der Waals surface area contributed by atoms with Gasteiger partial charge in [0.05, 0.1) is 5.69 Å². The Bertz CT molecular complexity index is 390. The lowest BCUT2D eigenvalue weighted by Gasteiger charge is -2.34. The van der Waals surface area contributed by atoms with Gasteiger partial charge in [-0.1, -0.05) is 6.42 Å². The number of aromatic nitrogens is 2. The highest BCUT2D eigenvalue weighted by atomic mass is 15.3. The van der Waals surface area contributed by atoms with Crippen LogP contribution in [-0.4, -0.2) is 15.8 Å². The smallest absolute Gasteiger partial charge is 0.0644 e. The minimum Gasteiger partial charge on any atom is -0.307 e. The second kappa shape index (κ2) is 4.81. The molecular formula is C14H25N3. The first-order valence-corrected chi connectivity index (χ1v) is 6.76. The van der Waals surface area contributed by atoms with Crippen molar-refractivity contribution in [1.29, 1.82) is 0 Å². The molecule has 3 heteroatoms. The average Bonchev–Trinajstić information content (AvgIpc) is 2.37. The number of nitrogens with zero attached hydrogens (tertiary/aromatic N) is 2. The van der Waals surface area contributed by atoms with Crippen molar-refractivity contribution >= 4 is 0 Å². The van der Waals surface area contributed by atoms with Crippen LogP contribution >= 0.6 is 0 Å². The zero-order chi connectivity index (χ0) is 12.6. The van der Waals surface area contributed by atoms with Gasteiger partial charge in [0.25, 0.3) is 0 Å². The van der Waals surface area contributed by atoms with E-state index in [-0.39, 0.29) is 0 Å². The molecule has 2 unspecified atom stereocenters. The second-order valence-electron chi connectivity index (χ2n) is 5.58. The molecule has 1 aliphatic carbocycles. The highest BCUT2D eigenvalue weighted by Gasteiger charge is 2.26. The van der Waals surface area contributed by atoms with E-state index in [1.54, 1.807) is 0 Å². The minimum absolute atomic E-state index is 0.402. The molecule has 0 radical (unpaired) electrons. The lowest BCUT2D eigenvalue weighted by molar-refractivity contribution is 0.229. The summed E-state index contributed by atoms with van der Waals surface area (Å²) >= 11 is 0. The zero-order valence-electron chi connectivity index (χ0n) is 11.7. The summed E-state index contributed by atoms with van der Waals surface area (Å²) in [6, 6.07) is 1.03. The van der Waals surface area contributed by atoms with Gasteiger partial charge in [-0.05, 0) is 46.5 Å². The Morgan fingerprint density at radius 1 is 1.29 bits per heavy atom. The monoisotopic (exact) mass is 235 g/mol. The quantitative estimate of drug-likeness (QED) is 0.869. The van der Waals surface area contributed by atoms with E-state index in [4.69, 9.17) is 0 Å². The van der Waals surface area contributed by atoms with Crippen molar-refractivity contribution in [3.8, 4) is 0 Å². The molecule has 1 saturated carbocycles. The third kappa shape index (κ3) is 2.39. The average molecular weight is 235 g/mol. The van der Waals surface area contributed by atoms with Crippen LogP contribution in [0.25, 0.3) is 0 Å². The zero-order valence-corrected chi connectivity index (χ0v) is 11.7. The Hall–Kier alpha value is -0.830. The largest absolute Gasteiger partial charge is 0.307 e. The van der Waals surface area contributed by atoms with E-state index in [9.17, 15) is 0 Å². The van der Waals surface area contributed by atoms with E-state index in [0.717, 1.165) is 11.6 Å². The molecule has 0 amide bonds. The van der Waals surface area contributed by atoms with Crippen molar-refractivity contribution < 1.29 is 0 Å². The van der Waals surface area contributed by atoms with Crippen LogP contribution in [0.4, 0.5) is 0 Å². The standard InChI is InChI=1S/C14H25N3/c1-9(13-7-6-8-13)15-10(2)14-11(3)16-17(5)12(14)4/h9-10,13,15H,6-8H2,1-5H3. The van der Waals surface area contributed by atoms with Crippen LogP contribution in [0.1, 0.15) is 56.1 Å². The molecule has 1 aliphatic rings. The molecule has 1 aromatic rings. The fourth-order valence-corrected chi connectivity index (χ4v) is 2.97. The molecule has 2 atom stereocenters. The molecule has 0 saturated heterocycles. The molecule has 0 aliphatic heterocycles. The predicted molar refractivity (Wildman–Crippen MR) is 71.0 cm³/mol. The van der Waals surface area contributed by atoms with E-state index in [0.29, 0.717) is 12.1 Å². The molecule has 0 aromatic carbocycles. The molecule has 1 fully saturated rings. The Kier molecular flexibility index (Phi) is 3.57. The molecule has 17 heavy (non-hydrogen) atoms. The van der Waals surface area contributed by atoms with Gasteiger partial charge < -0.3 is 5.32 Å². The normalized spacial score (nSPS) is 20.1. The van der Waals surface area contributed by atoms with Crippen LogP contribution in [0.2, 0.25) is 0 Å². The summed E-state index contributed by atoms with van der Waals surface area (Å²) in [7, 11) is 2.02. The highest BCUT2D eigenvalue weighted by molar-refractivity contribution is 5.27.